The van der Waals surface area contributed by atoms with Crippen LogP contribution in [0.2, 0.25) is 0 Å². The summed E-state index contributed by atoms with van der Waals surface area (Å²) in [6, 6.07) is 9.95. The second kappa shape index (κ2) is 5.78. The fourth-order valence-electron chi connectivity index (χ4n) is 19.3. The van der Waals surface area contributed by atoms with Crippen molar-refractivity contribution < 1.29 is 0 Å². The highest BCUT2D eigenvalue weighted by atomic mass is 14.8. The molecule has 0 aliphatic heterocycles. The van der Waals surface area contributed by atoms with Crippen LogP contribution in [0, 0.1) is 5.92 Å². The molecular formula is C49H32. The maximum Gasteiger partial charge on any atom is 0.0145 e. The fourth-order valence-corrected chi connectivity index (χ4v) is 19.3. The van der Waals surface area contributed by atoms with E-state index in [9.17, 15) is 0 Å². The van der Waals surface area contributed by atoms with E-state index in [0.29, 0.717) is 35.0 Å². The standard InChI is InChI=1S/C49H32/c1-2-4-17-16(3-1)26-15-27(17)49-14-12-25-23-10-8-21-19-6-5-18-20-7-9-22-24-11-13-48(26,49)46-34(24)38-32(22)30(20)36-28(18)29(19)37-31(21)33(23)39-35(25)47(49)45(46)44-42(38)40(36)41(37)43(39)44/h1-4,9,18,20-21,24,26-27,30H,5-8,10-15H2. The van der Waals surface area contributed by atoms with E-state index < -0.39 is 0 Å². The highest BCUT2D eigenvalue weighted by Gasteiger charge is 2.76. The molecule has 1 saturated carbocycles. The van der Waals surface area contributed by atoms with Crippen LogP contribution in [0.5, 0.6) is 0 Å². The van der Waals surface area contributed by atoms with Crippen molar-refractivity contribution in [3.8, 4) is 0 Å². The molecule has 12 aliphatic carbocycles. The Morgan fingerprint density at radius 3 is 2.31 bits per heavy atom. The van der Waals surface area contributed by atoms with Gasteiger partial charge >= 0.3 is 0 Å². The van der Waals surface area contributed by atoms with Crippen LogP contribution in [0.4, 0.5) is 0 Å². The predicted molar refractivity (Wildman–Crippen MR) is 196 cm³/mol. The Kier molecular flexibility index (Phi) is 2.60. The summed E-state index contributed by atoms with van der Waals surface area (Å²) in [6.45, 7) is 0. The zero-order chi connectivity index (χ0) is 30.1. The lowest BCUT2D eigenvalue weighted by molar-refractivity contribution is 0.172. The molecule has 0 amide bonds. The van der Waals surface area contributed by atoms with E-state index in [2.05, 4.69) is 30.3 Å². The minimum Gasteiger partial charge on any atom is -0.0800 e. The van der Waals surface area contributed by atoms with Crippen LogP contribution in [0.25, 0.3) is 65.0 Å². The second-order valence-corrected chi connectivity index (χ2v) is 19.6. The zero-order valence-corrected chi connectivity index (χ0v) is 27.5. The third-order valence-electron chi connectivity index (χ3n) is 19.7. The van der Waals surface area contributed by atoms with Gasteiger partial charge in [-0.3, -0.25) is 0 Å². The molecule has 1 fully saturated rings. The van der Waals surface area contributed by atoms with E-state index in [4.69, 9.17) is 0 Å². The van der Waals surface area contributed by atoms with Crippen molar-refractivity contribution in [2.45, 2.75) is 111 Å². The van der Waals surface area contributed by atoms with Crippen LogP contribution >= 0.6 is 0 Å². The summed E-state index contributed by atoms with van der Waals surface area (Å²) >= 11 is 0. The Hall–Kier alpha value is -3.90. The summed E-state index contributed by atoms with van der Waals surface area (Å²) < 4.78 is 0. The molecular weight excluding hydrogens is 589 g/mol. The maximum absolute atomic E-state index is 2.87. The number of rotatable bonds is 0. The van der Waals surface area contributed by atoms with E-state index in [0.717, 1.165) is 11.8 Å². The van der Waals surface area contributed by atoms with Crippen LogP contribution in [-0.4, -0.2) is 0 Å². The molecule has 7 aromatic rings. The molecule has 0 N–H and O–H groups in total. The van der Waals surface area contributed by atoms with Gasteiger partial charge in [-0.2, -0.15) is 0 Å². The Morgan fingerprint density at radius 2 is 1.39 bits per heavy atom. The highest BCUT2D eigenvalue weighted by molar-refractivity contribution is 6.48. The molecule has 0 aromatic heterocycles. The zero-order valence-electron chi connectivity index (χ0n) is 27.5. The lowest BCUT2D eigenvalue weighted by Gasteiger charge is -2.55. The van der Waals surface area contributed by atoms with Crippen molar-refractivity contribution in [1.82, 2.24) is 0 Å². The first-order chi connectivity index (χ1) is 24.3. The summed E-state index contributed by atoms with van der Waals surface area (Å²) in [5.41, 5.74) is 24.9. The number of fused-ring (bicyclic) bond motifs is 9. The SMILES string of the molecule is C1=C2C3=c4c5c6c7c8c9c(c%10c%11c%12c%13c%14c%15c(c%16c4c7c(c9%11)c%13%16)C3C(C1)C%15CCC=%14C%12CC%10)CCC81C3CC(c4ccccc43)C61CCC25. The van der Waals surface area contributed by atoms with Gasteiger partial charge < -0.3 is 0 Å². The highest BCUT2D eigenvalue weighted by Crippen LogP contribution is 2.84. The molecule has 2 bridgehead atoms. The predicted octanol–water partition coefficient (Wildman–Crippen LogP) is 9.66. The lowest BCUT2D eigenvalue weighted by Crippen LogP contribution is -2.52. The number of aryl methyl sites for hydroxylation is 2. The van der Waals surface area contributed by atoms with E-state index >= 15 is 0 Å². The van der Waals surface area contributed by atoms with Gasteiger partial charge in [-0.15, -0.1) is 0 Å². The van der Waals surface area contributed by atoms with Crippen molar-refractivity contribution in [2.24, 2.45) is 5.92 Å². The Morgan fingerprint density at radius 1 is 0.571 bits per heavy atom. The van der Waals surface area contributed by atoms with Crippen molar-refractivity contribution in [1.29, 1.82) is 0 Å². The molecule has 9 atom stereocenters. The first-order valence-electron chi connectivity index (χ1n) is 20.3. The van der Waals surface area contributed by atoms with Gasteiger partial charge in [-0.1, -0.05) is 35.9 Å². The van der Waals surface area contributed by atoms with Crippen molar-refractivity contribution >= 4 is 65.0 Å². The third kappa shape index (κ3) is 1.52. The summed E-state index contributed by atoms with van der Waals surface area (Å²) in [6.07, 6.45) is 16.7. The van der Waals surface area contributed by atoms with Crippen LogP contribution in [0.3, 0.4) is 0 Å². The first-order valence-corrected chi connectivity index (χ1v) is 20.3. The average molecular weight is 621 g/mol. The van der Waals surface area contributed by atoms with E-state index in [1.807, 2.05) is 109 Å². The van der Waals surface area contributed by atoms with Crippen LogP contribution in [-0.2, 0) is 23.7 Å². The molecule has 12 aliphatic rings. The van der Waals surface area contributed by atoms with Crippen LogP contribution < -0.4 is 10.4 Å². The molecule has 0 heterocycles. The second-order valence-electron chi connectivity index (χ2n) is 19.6. The smallest absolute Gasteiger partial charge is 0.0145 e. The van der Waals surface area contributed by atoms with Crippen molar-refractivity contribution in [3.05, 3.63) is 102 Å². The Balaban J connectivity index is 1.22. The van der Waals surface area contributed by atoms with Crippen LogP contribution in [0.15, 0.2) is 35.9 Å². The van der Waals surface area contributed by atoms with E-state index in [1.165, 1.54) is 64.2 Å². The monoisotopic (exact) mass is 620 g/mol. The molecule has 19 rings (SSSR count). The van der Waals surface area contributed by atoms with Gasteiger partial charge in [0.25, 0.3) is 0 Å². The van der Waals surface area contributed by atoms with Gasteiger partial charge in [0.05, 0.1) is 0 Å². The van der Waals surface area contributed by atoms with Gasteiger partial charge in [0.2, 0.25) is 0 Å². The Labute approximate surface area is 282 Å². The largest absolute Gasteiger partial charge is 0.0800 e. The molecule has 2 spiro atoms. The first kappa shape index (κ1) is 22.0. The molecule has 7 aromatic carbocycles. The molecule has 228 valence electrons. The number of hydrogen-bond donors (Lipinski definition) is 0. The van der Waals surface area contributed by atoms with Crippen molar-refractivity contribution in [2.75, 3.05) is 0 Å². The van der Waals surface area contributed by atoms with E-state index in [1.54, 1.807) is 27.3 Å². The molecule has 0 saturated heterocycles. The molecule has 0 nitrogen and oxygen atoms in total. The average Bonchev–Trinajstić information content (AvgIpc) is 3.99. The quantitative estimate of drug-likeness (QED) is 0.148. The minimum absolute atomic E-state index is 0.288. The number of allylic oxidation sites excluding steroid dienone is 2. The topological polar surface area (TPSA) is 0 Å². The molecule has 0 heteroatoms. The summed E-state index contributed by atoms with van der Waals surface area (Å²) in [7, 11) is 0. The van der Waals surface area contributed by atoms with E-state index in [-0.39, 0.29) is 5.41 Å². The van der Waals surface area contributed by atoms with Gasteiger partial charge in [-0.05, 0) is 219 Å². The maximum atomic E-state index is 2.87. The fraction of sp³-hybridized carbons (Fsp3) is 0.388. The molecule has 49 heavy (non-hydrogen) atoms. The van der Waals surface area contributed by atoms with Gasteiger partial charge in [0.1, 0.15) is 0 Å². The minimum atomic E-state index is 0.288. The normalized spacial score (nSPS) is 39.4. The lowest BCUT2D eigenvalue weighted by atomic mass is 9.47. The van der Waals surface area contributed by atoms with Gasteiger partial charge in [-0.25, -0.2) is 0 Å². The summed E-state index contributed by atoms with van der Waals surface area (Å²) in [5.74, 6) is 5.01. The molecule has 9 unspecified atom stereocenters. The summed E-state index contributed by atoms with van der Waals surface area (Å²) in [4.78, 5) is 0. The van der Waals surface area contributed by atoms with Gasteiger partial charge in [0.15, 0.2) is 0 Å². The molecule has 0 radical (unpaired) electrons. The number of hydrogen-bond acceptors (Lipinski definition) is 0. The Bertz CT molecular complexity index is 3270. The number of benzene rings is 5. The third-order valence-corrected chi connectivity index (χ3v) is 19.7. The van der Waals surface area contributed by atoms with Gasteiger partial charge in [0, 0.05) is 28.6 Å². The summed E-state index contributed by atoms with van der Waals surface area (Å²) in [5, 5.41) is 21.9. The van der Waals surface area contributed by atoms with Crippen LogP contribution in [0.1, 0.15) is 143 Å². The van der Waals surface area contributed by atoms with Crippen molar-refractivity contribution in [3.63, 3.8) is 0 Å².